The summed E-state index contributed by atoms with van der Waals surface area (Å²) >= 11 is 4.96. The maximum absolute atomic E-state index is 12.0. The van der Waals surface area contributed by atoms with Crippen LogP contribution in [0.4, 0.5) is 0 Å². The largest absolute Gasteiger partial charge is 0.497 e. The number of ether oxygens (including phenoxy) is 1. The minimum atomic E-state index is -0.941. The number of hydrogen-bond acceptors (Lipinski definition) is 3. The highest BCUT2D eigenvalue weighted by molar-refractivity contribution is 7.85. The Morgan fingerprint density at radius 2 is 2.00 bits per heavy atom. The van der Waals surface area contributed by atoms with Crippen molar-refractivity contribution in [2.75, 3.05) is 26.5 Å². The Hall–Kier alpha value is -1.14. The van der Waals surface area contributed by atoms with Crippen LogP contribution in [0.1, 0.15) is 12.8 Å². The van der Waals surface area contributed by atoms with Crippen LogP contribution in [0, 0.1) is 0 Å². The molecule has 106 valence electrons. The Kier molecular flexibility index (Phi) is 7.43. The molecule has 1 aromatic rings. The van der Waals surface area contributed by atoms with Gasteiger partial charge in [-0.1, -0.05) is 0 Å². The van der Waals surface area contributed by atoms with Gasteiger partial charge < -0.3 is 15.4 Å². The van der Waals surface area contributed by atoms with Crippen molar-refractivity contribution in [1.82, 2.24) is 10.6 Å². The summed E-state index contributed by atoms with van der Waals surface area (Å²) in [5, 5.41) is 6.56. The Morgan fingerprint density at radius 3 is 2.58 bits per heavy atom. The molecule has 1 atom stereocenters. The van der Waals surface area contributed by atoms with E-state index in [9.17, 15) is 4.21 Å². The average molecular weight is 300 g/mol. The van der Waals surface area contributed by atoms with Gasteiger partial charge in [0, 0.05) is 24.2 Å². The van der Waals surface area contributed by atoms with Crippen LogP contribution in [0.2, 0.25) is 0 Å². The normalized spacial score (nSPS) is 11.7. The third kappa shape index (κ3) is 6.02. The lowest BCUT2D eigenvalue weighted by Gasteiger charge is -2.07. The van der Waals surface area contributed by atoms with Crippen LogP contribution >= 0.6 is 12.2 Å². The number of thiocarbonyl (C=S) groups is 1. The number of nitrogens with one attached hydrogen (secondary N) is 2. The van der Waals surface area contributed by atoms with Crippen LogP contribution in [0.5, 0.6) is 5.75 Å². The molecule has 0 saturated heterocycles. The summed E-state index contributed by atoms with van der Waals surface area (Å²) in [5.41, 5.74) is 0. The van der Waals surface area contributed by atoms with E-state index >= 15 is 0 Å². The van der Waals surface area contributed by atoms with E-state index in [-0.39, 0.29) is 0 Å². The quantitative estimate of drug-likeness (QED) is 0.593. The summed E-state index contributed by atoms with van der Waals surface area (Å²) < 4.78 is 17.1. The van der Waals surface area contributed by atoms with Gasteiger partial charge in [0.05, 0.1) is 17.9 Å². The Balaban J connectivity index is 2.25. The van der Waals surface area contributed by atoms with E-state index in [2.05, 4.69) is 10.6 Å². The number of methoxy groups -OCH3 is 1. The monoisotopic (exact) mass is 300 g/mol. The molecule has 0 amide bonds. The van der Waals surface area contributed by atoms with Crippen molar-refractivity contribution < 1.29 is 8.95 Å². The minimum absolute atomic E-state index is 0.649. The van der Waals surface area contributed by atoms with Crippen molar-refractivity contribution in [2.24, 2.45) is 0 Å². The SMILES string of the molecule is CNC(=S)NCCCCS(=O)c1ccc(OC)cc1. The smallest absolute Gasteiger partial charge is 0.166 e. The maximum atomic E-state index is 12.0. The van der Waals surface area contributed by atoms with E-state index in [4.69, 9.17) is 17.0 Å². The molecule has 0 spiro atoms. The van der Waals surface area contributed by atoms with E-state index in [1.54, 1.807) is 14.2 Å². The number of rotatable bonds is 7. The molecule has 2 N–H and O–H groups in total. The minimum Gasteiger partial charge on any atom is -0.497 e. The maximum Gasteiger partial charge on any atom is 0.166 e. The molecule has 0 radical (unpaired) electrons. The van der Waals surface area contributed by atoms with Crippen molar-refractivity contribution in [1.29, 1.82) is 0 Å². The molecule has 1 rings (SSSR count). The standard InChI is InChI=1S/C13H20N2O2S2/c1-14-13(18)15-9-3-4-10-19(16)12-7-5-11(17-2)6-8-12/h5-8H,3-4,9-10H2,1-2H3,(H2,14,15,18). The lowest BCUT2D eigenvalue weighted by molar-refractivity contribution is 0.414. The van der Waals surface area contributed by atoms with Crippen LogP contribution in [0.15, 0.2) is 29.2 Å². The van der Waals surface area contributed by atoms with E-state index < -0.39 is 10.8 Å². The van der Waals surface area contributed by atoms with Crippen LogP contribution in [-0.4, -0.2) is 35.8 Å². The molecule has 0 aromatic heterocycles. The molecule has 0 aliphatic rings. The van der Waals surface area contributed by atoms with Crippen molar-refractivity contribution in [3.05, 3.63) is 24.3 Å². The molecule has 4 nitrogen and oxygen atoms in total. The second kappa shape index (κ2) is 8.87. The lowest BCUT2D eigenvalue weighted by atomic mass is 10.3. The summed E-state index contributed by atoms with van der Waals surface area (Å²) in [4.78, 5) is 0.847. The van der Waals surface area contributed by atoms with Crippen LogP contribution < -0.4 is 15.4 Å². The molecule has 0 bridgehead atoms. The summed E-state index contributed by atoms with van der Waals surface area (Å²) in [6.07, 6.45) is 1.85. The summed E-state index contributed by atoms with van der Waals surface area (Å²) in [7, 11) is 2.46. The van der Waals surface area contributed by atoms with Crippen molar-refractivity contribution in [3.63, 3.8) is 0 Å². The van der Waals surface area contributed by atoms with Gasteiger partial charge in [0.15, 0.2) is 5.11 Å². The first-order chi connectivity index (χ1) is 9.17. The Morgan fingerprint density at radius 1 is 1.32 bits per heavy atom. The molecule has 6 heteroatoms. The first-order valence-corrected chi connectivity index (χ1v) is 7.88. The van der Waals surface area contributed by atoms with Gasteiger partial charge in [0.1, 0.15) is 5.75 Å². The zero-order chi connectivity index (χ0) is 14.1. The van der Waals surface area contributed by atoms with Gasteiger partial charge in [-0.3, -0.25) is 4.21 Å². The molecule has 0 aliphatic carbocycles. The molecular weight excluding hydrogens is 280 g/mol. The fourth-order valence-corrected chi connectivity index (χ4v) is 2.74. The van der Waals surface area contributed by atoms with Gasteiger partial charge in [-0.2, -0.15) is 0 Å². The Labute approximate surface area is 122 Å². The molecule has 0 aliphatic heterocycles. The van der Waals surface area contributed by atoms with Gasteiger partial charge in [-0.25, -0.2) is 0 Å². The predicted molar refractivity (Wildman–Crippen MR) is 83.2 cm³/mol. The van der Waals surface area contributed by atoms with Crippen LogP contribution in [0.25, 0.3) is 0 Å². The van der Waals surface area contributed by atoms with Gasteiger partial charge >= 0.3 is 0 Å². The second-order valence-corrected chi connectivity index (χ2v) is 5.92. The molecular formula is C13H20N2O2S2. The van der Waals surface area contributed by atoms with E-state index in [1.807, 2.05) is 24.3 Å². The highest BCUT2D eigenvalue weighted by Gasteiger charge is 2.03. The first-order valence-electron chi connectivity index (χ1n) is 6.15. The lowest BCUT2D eigenvalue weighted by Crippen LogP contribution is -2.33. The molecule has 0 saturated carbocycles. The zero-order valence-electron chi connectivity index (χ0n) is 11.3. The summed E-state index contributed by atoms with van der Waals surface area (Å²) in [6.45, 7) is 0.805. The highest BCUT2D eigenvalue weighted by atomic mass is 32.2. The zero-order valence-corrected chi connectivity index (χ0v) is 12.9. The van der Waals surface area contributed by atoms with Gasteiger partial charge in [-0.15, -0.1) is 0 Å². The molecule has 0 heterocycles. The van der Waals surface area contributed by atoms with Crippen molar-refractivity contribution >= 4 is 28.1 Å². The van der Waals surface area contributed by atoms with E-state index in [0.717, 1.165) is 30.0 Å². The van der Waals surface area contributed by atoms with Crippen LogP contribution in [-0.2, 0) is 10.8 Å². The first kappa shape index (κ1) is 15.9. The molecule has 1 unspecified atom stereocenters. The van der Waals surface area contributed by atoms with Crippen molar-refractivity contribution in [2.45, 2.75) is 17.7 Å². The Bertz CT molecular complexity index is 421. The predicted octanol–water partition coefficient (Wildman–Crippen LogP) is 1.68. The van der Waals surface area contributed by atoms with Gasteiger partial charge in [0.25, 0.3) is 0 Å². The average Bonchev–Trinajstić information content (AvgIpc) is 2.46. The molecule has 0 fully saturated rings. The number of benzene rings is 1. The van der Waals surface area contributed by atoms with Gasteiger partial charge in [-0.05, 0) is 49.3 Å². The third-order valence-electron chi connectivity index (χ3n) is 2.59. The van der Waals surface area contributed by atoms with Gasteiger partial charge in [0.2, 0.25) is 0 Å². The van der Waals surface area contributed by atoms with E-state index in [0.29, 0.717) is 10.9 Å². The summed E-state index contributed by atoms with van der Waals surface area (Å²) in [5.74, 6) is 1.45. The molecule has 19 heavy (non-hydrogen) atoms. The van der Waals surface area contributed by atoms with Crippen LogP contribution in [0.3, 0.4) is 0 Å². The van der Waals surface area contributed by atoms with Crippen molar-refractivity contribution in [3.8, 4) is 5.75 Å². The molecule has 1 aromatic carbocycles. The topological polar surface area (TPSA) is 50.4 Å². The number of unbranched alkanes of at least 4 members (excludes halogenated alkanes) is 1. The highest BCUT2D eigenvalue weighted by Crippen LogP contribution is 2.14. The summed E-state index contributed by atoms with van der Waals surface area (Å²) in [6, 6.07) is 7.37. The third-order valence-corrected chi connectivity index (χ3v) is 4.40. The second-order valence-electron chi connectivity index (χ2n) is 3.94. The number of hydrogen-bond donors (Lipinski definition) is 2. The van der Waals surface area contributed by atoms with E-state index in [1.165, 1.54) is 0 Å². The fourth-order valence-electron chi connectivity index (χ4n) is 1.49. The fraction of sp³-hybridized carbons (Fsp3) is 0.462.